The molecular weight excluding hydrogens is 430 g/mol. The second-order valence-corrected chi connectivity index (χ2v) is 12.1. The summed E-state index contributed by atoms with van der Waals surface area (Å²) in [6.07, 6.45) is 14.0. The lowest BCUT2D eigenvalue weighted by molar-refractivity contribution is -0.976. The molecule has 10 unspecified atom stereocenters. The van der Waals surface area contributed by atoms with Gasteiger partial charge < -0.3 is 28.6 Å². The second kappa shape index (κ2) is 11.0. The molecular formula is C28H50NO5+. The third-order valence-corrected chi connectivity index (χ3v) is 11.1. The number of hydrogen-bond donors (Lipinski definition) is 1. The van der Waals surface area contributed by atoms with Gasteiger partial charge in [-0.3, -0.25) is 0 Å². The Morgan fingerprint density at radius 2 is 1.06 bits per heavy atom. The van der Waals surface area contributed by atoms with Crippen LogP contribution >= 0.6 is 0 Å². The van der Waals surface area contributed by atoms with Crippen molar-refractivity contribution in [3.05, 3.63) is 0 Å². The first-order valence-electron chi connectivity index (χ1n) is 14.1. The zero-order chi connectivity index (χ0) is 23.8. The first kappa shape index (κ1) is 25.4. The predicted molar refractivity (Wildman–Crippen MR) is 131 cm³/mol. The SMILES string of the molecule is COC1CCC([C@H]2C3CC(OC)C(OC)CC3CC3C4CC(OC)C(OC)CC4CC[NH+]32)CC1. The van der Waals surface area contributed by atoms with Crippen LogP contribution in [0.4, 0.5) is 0 Å². The van der Waals surface area contributed by atoms with E-state index in [-0.39, 0.29) is 24.4 Å². The molecule has 2 aliphatic heterocycles. The molecule has 6 heteroatoms. The zero-order valence-corrected chi connectivity index (χ0v) is 22.2. The van der Waals surface area contributed by atoms with Gasteiger partial charge in [0.05, 0.1) is 49.1 Å². The number of piperidine rings is 2. The van der Waals surface area contributed by atoms with Crippen molar-refractivity contribution in [2.75, 3.05) is 42.1 Å². The largest absolute Gasteiger partial charge is 0.381 e. The molecule has 3 aliphatic carbocycles. The van der Waals surface area contributed by atoms with E-state index in [1.54, 1.807) is 0 Å². The van der Waals surface area contributed by atoms with Gasteiger partial charge in [-0.1, -0.05) is 0 Å². The summed E-state index contributed by atoms with van der Waals surface area (Å²) < 4.78 is 29.6. The second-order valence-electron chi connectivity index (χ2n) is 12.1. The van der Waals surface area contributed by atoms with Crippen molar-refractivity contribution in [1.29, 1.82) is 0 Å². The fourth-order valence-corrected chi connectivity index (χ4v) is 9.49. The van der Waals surface area contributed by atoms with Crippen LogP contribution in [0.25, 0.3) is 0 Å². The van der Waals surface area contributed by atoms with E-state index in [1.165, 1.54) is 70.8 Å². The molecule has 0 spiro atoms. The summed E-state index contributed by atoms with van der Waals surface area (Å²) >= 11 is 0. The van der Waals surface area contributed by atoms with E-state index in [0.717, 1.165) is 41.7 Å². The minimum atomic E-state index is 0.243. The van der Waals surface area contributed by atoms with Gasteiger partial charge in [0, 0.05) is 59.7 Å². The molecule has 5 fully saturated rings. The fourth-order valence-electron chi connectivity index (χ4n) is 9.49. The Labute approximate surface area is 207 Å². The number of quaternary nitrogens is 1. The van der Waals surface area contributed by atoms with Gasteiger partial charge in [0.15, 0.2) is 0 Å². The van der Waals surface area contributed by atoms with Crippen LogP contribution in [0.15, 0.2) is 0 Å². The molecule has 0 amide bonds. The minimum absolute atomic E-state index is 0.243. The van der Waals surface area contributed by atoms with Gasteiger partial charge in [-0.2, -0.15) is 0 Å². The van der Waals surface area contributed by atoms with Crippen molar-refractivity contribution in [2.45, 2.75) is 107 Å². The third kappa shape index (κ3) is 4.61. The van der Waals surface area contributed by atoms with Crippen molar-refractivity contribution in [1.82, 2.24) is 0 Å². The van der Waals surface area contributed by atoms with Gasteiger partial charge in [-0.15, -0.1) is 0 Å². The molecule has 0 aromatic carbocycles. The summed E-state index contributed by atoms with van der Waals surface area (Å²) in [5, 5.41) is 0. The maximum Gasteiger partial charge on any atom is 0.0937 e. The molecule has 2 saturated heterocycles. The molecule has 196 valence electrons. The Morgan fingerprint density at radius 1 is 0.500 bits per heavy atom. The summed E-state index contributed by atoms with van der Waals surface area (Å²) in [5.74, 6) is 3.89. The Morgan fingerprint density at radius 3 is 1.65 bits per heavy atom. The molecule has 5 aliphatic rings. The number of hydrogen-bond acceptors (Lipinski definition) is 5. The Hall–Kier alpha value is -0.240. The summed E-state index contributed by atoms with van der Waals surface area (Å²) in [6, 6.07) is 1.52. The summed E-state index contributed by atoms with van der Waals surface area (Å²) in [5.41, 5.74) is 0. The van der Waals surface area contributed by atoms with Crippen LogP contribution < -0.4 is 4.90 Å². The highest BCUT2D eigenvalue weighted by molar-refractivity contribution is 5.01. The Bertz CT molecular complexity index is 655. The average molecular weight is 481 g/mol. The highest BCUT2D eigenvalue weighted by atomic mass is 16.5. The van der Waals surface area contributed by atoms with Gasteiger partial charge >= 0.3 is 0 Å². The molecule has 0 aromatic rings. The van der Waals surface area contributed by atoms with Crippen LogP contribution in [0.2, 0.25) is 0 Å². The van der Waals surface area contributed by atoms with Crippen LogP contribution in [0, 0.1) is 29.6 Å². The molecule has 0 radical (unpaired) electrons. The van der Waals surface area contributed by atoms with E-state index in [9.17, 15) is 0 Å². The van der Waals surface area contributed by atoms with E-state index < -0.39 is 0 Å². The lowest BCUT2D eigenvalue weighted by Gasteiger charge is -2.59. The van der Waals surface area contributed by atoms with E-state index in [0.29, 0.717) is 6.10 Å². The predicted octanol–water partition coefficient (Wildman–Crippen LogP) is 2.73. The van der Waals surface area contributed by atoms with Crippen LogP contribution in [0.3, 0.4) is 0 Å². The van der Waals surface area contributed by atoms with Crippen LogP contribution in [-0.4, -0.2) is 84.7 Å². The van der Waals surface area contributed by atoms with Crippen molar-refractivity contribution < 1.29 is 28.6 Å². The monoisotopic (exact) mass is 480 g/mol. The van der Waals surface area contributed by atoms with Gasteiger partial charge in [-0.25, -0.2) is 0 Å². The molecule has 0 aromatic heterocycles. The maximum absolute atomic E-state index is 6.00. The number of rotatable bonds is 6. The molecule has 6 nitrogen and oxygen atoms in total. The Balaban J connectivity index is 1.42. The van der Waals surface area contributed by atoms with Gasteiger partial charge in [0.1, 0.15) is 0 Å². The fraction of sp³-hybridized carbons (Fsp3) is 1.00. The lowest BCUT2D eigenvalue weighted by atomic mass is 9.58. The van der Waals surface area contributed by atoms with E-state index in [2.05, 4.69) is 0 Å². The smallest absolute Gasteiger partial charge is 0.0937 e. The molecule has 5 rings (SSSR count). The highest BCUT2D eigenvalue weighted by Crippen LogP contribution is 2.48. The molecule has 11 atom stereocenters. The standard InChI is InChI=1S/C28H49NO5/c1-30-20-8-6-17(7-9-20)28-22-16-27(34-5)25(32-3)14-19(22)12-23-21-15-26(33-4)24(31-2)13-18(21)10-11-29(23)28/h17-28H,6-16H2,1-5H3/p+1/t17?,18?,19?,20?,21?,22?,23?,24?,25?,26?,27?,28-/m0/s1. The van der Waals surface area contributed by atoms with Crippen molar-refractivity contribution in [3.63, 3.8) is 0 Å². The summed E-state index contributed by atoms with van der Waals surface area (Å²) in [6.45, 7) is 1.34. The van der Waals surface area contributed by atoms with Crippen LogP contribution in [0.1, 0.15) is 64.2 Å². The number of nitrogens with one attached hydrogen (secondary N) is 1. The van der Waals surface area contributed by atoms with Gasteiger partial charge in [0.2, 0.25) is 0 Å². The van der Waals surface area contributed by atoms with Crippen molar-refractivity contribution >= 4 is 0 Å². The number of ether oxygens (including phenoxy) is 5. The van der Waals surface area contributed by atoms with Crippen molar-refractivity contribution in [3.8, 4) is 0 Å². The average Bonchev–Trinajstić information content (AvgIpc) is 2.90. The Kier molecular flexibility index (Phi) is 8.24. The highest BCUT2D eigenvalue weighted by Gasteiger charge is 2.58. The molecule has 1 N–H and O–H groups in total. The minimum Gasteiger partial charge on any atom is -0.381 e. The van der Waals surface area contributed by atoms with Crippen molar-refractivity contribution in [2.24, 2.45) is 29.6 Å². The summed E-state index contributed by atoms with van der Waals surface area (Å²) in [7, 11) is 9.42. The first-order valence-corrected chi connectivity index (χ1v) is 14.1. The number of fused-ring (bicyclic) bond motifs is 4. The molecule has 34 heavy (non-hydrogen) atoms. The van der Waals surface area contributed by atoms with E-state index in [1.807, 2.05) is 40.4 Å². The molecule has 3 saturated carbocycles. The van der Waals surface area contributed by atoms with Gasteiger partial charge in [0.25, 0.3) is 0 Å². The molecule has 2 heterocycles. The zero-order valence-electron chi connectivity index (χ0n) is 22.2. The normalized spacial score (nSPS) is 51.3. The van der Waals surface area contributed by atoms with Crippen LogP contribution in [-0.2, 0) is 23.7 Å². The molecule has 0 bridgehead atoms. The van der Waals surface area contributed by atoms with E-state index >= 15 is 0 Å². The lowest BCUT2D eigenvalue weighted by Crippen LogP contribution is -3.24. The summed E-state index contributed by atoms with van der Waals surface area (Å²) in [4.78, 5) is 1.94. The third-order valence-electron chi connectivity index (χ3n) is 11.1. The van der Waals surface area contributed by atoms with E-state index in [4.69, 9.17) is 23.7 Å². The van der Waals surface area contributed by atoms with Gasteiger partial charge in [-0.05, 0) is 69.6 Å². The topological polar surface area (TPSA) is 50.6 Å². The maximum atomic E-state index is 6.00. The number of methoxy groups -OCH3 is 5. The van der Waals surface area contributed by atoms with Crippen LogP contribution in [0.5, 0.6) is 0 Å². The quantitative estimate of drug-likeness (QED) is 0.634. The first-order chi connectivity index (χ1) is 16.6.